The van der Waals surface area contributed by atoms with E-state index in [4.69, 9.17) is 14.2 Å². The van der Waals surface area contributed by atoms with Gasteiger partial charge in [0, 0.05) is 13.1 Å². The third-order valence-corrected chi connectivity index (χ3v) is 3.32. The Bertz CT molecular complexity index is 612. The van der Waals surface area contributed by atoms with Gasteiger partial charge in [0.25, 0.3) is 0 Å². The third-order valence-electron chi connectivity index (χ3n) is 3.32. The van der Waals surface area contributed by atoms with Crippen molar-refractivity contribution in [1.29, 1.82) is 5.26 Å². The van der Waals surface area contributed by atoms with E-state index in [0.717, 1.165) is 0 Å². The van der Waals surface area contributed by atoms with Crippen LogP contribution in [0.15, 0.2) is 11.1 Å². The lowest BCUT2D eigenvalue weighted by Gasteiger charge is -2.24. The Hall–Kier alpha value is -2.56. The highest BCUT2D eigenvalue weighted by atomic mass is 16.6. The molecule has 1 aliphatic heterocycles. The van der Waals surface area contributed by atoms with Gasteiger partial charge in [-0.3, -0.25) is 4.79 Å². The van der Waals surface area contributed by atoms with E-state index in [0.29, 0.717) is 0 Å². The SMILES string of the molecule is CCOC(=O)C(C#N)=C1CN(C(=O)OC(C)(C)C)CC1C(=O)OCC. The molecule has 138 valence electrons. The van der Waals surface area contributed by atoms with Gasteiger partial charge in [0.15, 0.2) is 0 Å². The molecule has 0 aromatic rings. The summed E-state index contributed by atoms with van der Waals surface area (Å²) in [4.78, 5) is 37.8. The summed E-state index contributed by atoms with van der Waals surface area (Å²) in [5, 5.41) is 9.33. The van der Waals surface area contributed by atoms with Crippen molar-refractivity contribution in [2.45, 2.75) is 40.2 Å². The molecule has 1 rings (SSSR count). The second-order valence-electron chi connectivity index (χ2n) is 6.40. The van der Waals surface area contributed by atoms with Gasteiger partial charge < -0.3 is 19.1 Å². The number of carbonyl (C=O) groups is 3. The fourth-order valence-electron chi connectivity index (χ4n) is 2.34. The molecule has 1 heterocycles. The zero-order valence-corrected chi connectivity index (χ0v) is 15.2. The first-order chi connectivity index (χ1) is 11.6. The van der Waals surface area contributed by atoms with Crippen molar-refractivity contribution in [3.8, 4) is 6.07 Å². The van der Waals surface area contributed by atoms with E-state index in [9.17, 15) is 19.6 Å². The number of esters is 2. The van der Waals surface area contributed by atoms with Gasteiger partial charge in [0.1, 0.15) is 17.2 Å². The van der Waals surface area contributed by atoms with Gasteiger partial charge in [0.2, 0.25) is 0 Å². The molecule has 1 atom stereocenters. The van der Waals surface area contributed by atoms with Crippen LogP contribution in [-0.2, 0) is 23.8 Å². The summed E-state index contributed by atoms with van der Waals surface area (Å²) >= 11 is 0. The molecule has 0 radical (unpaired) electrons. The molecule has 0 saturated carbocycles. The fraction of sp³-hybridized carbons (Fsp3) is 0.647. The van der Waals surface area contributed by atoms with Crippen LogP contribution >= 0.6 is 0 Å². The maximum Gasteiger partial charge on any atom is 0.410 e. The molecular weight excluding hydrogens is 328 g/mol. The zero-order chi connectivity index (χ0) is 19.2. The number of hydrogen-bond acceptors (Lipinski definition) is 7. The van der Waals surface area contributed by atoms with Crippen molar-refractivity contribution < 1.29 is 28.6 Å². The highest BCUT2D eigenvalue weighted by Gasteiger charge is 2.41. The van der Waals surface area contributed by atoms with Crippen molar-refractivity contribution in [3.05, 3.63) is 11.1 Å². The Kier molecular flexibility index (Phi) is 6.97. The van der Waals surface area contributed by atoms with Crippen molar-refractivity contribution in [3.63, 3.8) is 0 Å². The average Bonchev–Trinajstić information content (AvgIpc) is 2.92. The molecule has 1 amide bonds. The van der Waals surface area contributed by atoms with Crippen LogP contribution in [0.1, 0.15) is 34.6 Å². The van der Waals surface area contributed by atoms with E-state index in [1.54, 1.807) is 40.7 Å². The Morgan fingerprint density at radius 2 is 1.80 bits per heavy atom. The molecular formula is C17H24N2O6. The second kappa shape index (κ2) is 8.51. The molecule has 0 bridgehead atoms. The number of nitriles is 1. The number of carbonyl (C=O) groups excluding carboxylic acids is 3. The van der Waals surface area contributed by atoms with Crippen LogP contribution in [0.3, 0.4) is 0 Å². The standard InChI is InChI=1S/C17H24N2O6/c1-6-23-14(20)11(8-18)12-9-19(16(22)25-17(3,4)5)10-13(12)15(21)24-7-2/h13H,6-7,9-10H2,1-5H3. The monoisotopic (exact) mass is 352 g/mol. The lowest BCUT2D eigenvalue weighted by atomic mass is 9.98. The van der Waals surface area contributed by atoms with Gasteiger partial charge >= 0.3 is 18.0 Å². The summed E-state index contributed by atoms with van der Waals surface area (Å²) < 4.78 is 15.2. The van der Waals surface area contributed by atoms with E-state index in [2.05, 4.69) is 0 Å². The van der Waals surface area contributed by atoms with Crippen molar-refractivity contribution in [2.24, 2.45) is 5.92 Å². The highest BCUT2D eigenvalue weighted by Crippen LogP contribution is 2.29. The maximum absolute atomic E-state index is 12.3. The van der Waals surface area contributed by atoms with Gasteiger partial charge in [0.05, 0.1) is 19.1 Å². The molecule has 1 aliphatic rings. The first-order valence-electron chi connectivity index (χ1n) is 8.09. The summed E-state index contributed by atoms with van der Waals surface area (Å²) in [6.07, 6.45) is -0.627. The van der Waals surface area contributed by atoms with Crippen LogP contribution in [0, 0.1) is 17.2 Å². The number of rotatable bonds is 4. The summed E-state index contributed by atoms with van der Waals surface area (Å²) in [6.45, 7) is 8.58. The number of nitrogens with zero attached hydrogens (tertiary/aromatic N) is 2. The van der Waals surface area contributed by atoms with E-state index < -0.39 is 29.6 Å². The minimum Gasteiger partial charge on any atom is -0.465 e. The van der Waals surface area contributed by atoms with Crippen molar-refractivity contribution in [1.82, 2.24) is 4.90 Å². The topological polar surface area (TPSA) is 106 Å². The predicted molar refractivity (Wildman–Crippen MR) is 87.2 cm³/mol. The van der Waals surface area contributed by atoms with Crippen molar-refractivity contribution >= 4 is 18.0 Å². The molecule has 1 unspecified atom stereocenters. The minimum atomic E-state index is -0.897. The molecule has 25 heavy (non-hydrogen) atoms. The fourth-order valence-corrected chi connectivity index (χ4v) is 2.34. The molecule has 0 aliphatic carbocycles. The molecule has 1 fully saturated rings. The lowest BCUT2D eigenvalue weighted by molar-refractivity contribution is -0.146. The summed E-state index contributed by atoms with van der Waals surface area (Å²) in [7, 11) is 0. The Labute approximate surface area is 147 Å². The molecule has 8 heteroatoms. The van der Waals surface area contributed by atoms with E-state index in [1.165, 1.54) is 4.90 Å². The quantitative estimate of drug-likeness (QED) is 0.329. The Morgan fingerprint density at radius 3 is 2.28 bits per heavy atom. The van der Waals surface area contributed by atoms with Crippen LogP contribution in [0.5, 0.6) is 0 Å². The molecule has 8 nitrogen and oxygen atoms in total. The van der Waals surface area contributed by atoms with E-state index in [-0.39, 0.29) is 37.4 Å². The van der Waals surface area contributed by atoms with Gasteiger partial charge in [-0.05, 0) is 40.2 Å². The van der Waals surface area contributed by atoms with Crippen LogP contribution in [0.2, 0.25) is 0 Å². The van der Waals surface area contributed by atoms with Crippen LogP contribution < -0.4 is 0 Å². The smallest absolute Gasteiger partial charge is 0.410 e. The number of amides is 1. The average molecular weight is 352 g/mol. The van der Waals surface area contributed by atoms with Crippen LogP contribution in [0.25, 0.3) is 0 Å². The molecule has 0 aromatic carbocycles. The lowest BCUT2D eigenvalue weighted by Crippen LogP contribution is -2.36. The summed E-state index contributed by atoms with van der Waals surface area (Å²) in [5.41, 5.74) is -0.765. The second-order valence-corrected chi connectivity index (χ2v) is 6.40. The predicted octanol–water partition coefficient (Wildman–Crippen LogP) is 1.80. The minimum absolute atomic E-state index is 0.0202. The van der Waals surface area contributed by atoms with Crippen molar-refractivity contribution in [2.75, 3.05) is 26.3 Å². The molecule has 0 N–H and O–H groups in total. The van der Waals surface area contributed by atoms with Gasteiger partial charge in [-0.1, -0.05) is 0 Å². The maximum atomic E-state index is 12.3. The zero-order valence-electron chi connectivity index (χ0n) is 15.2. The van der Waals surface area contributed by atoms with Gasteiger partial charge in [-0.2, -0.15) is 5.26 Å². The molecule has 0 spiro atoms. The van der Waals surface area contributed by atoms with Gasteiger partial charge in [-0.25, -0.2) is 9.59 Å². The number of likely N-dealkylation sites (tertiary alicyclic amines) is 1. The number of hydrogen-bond donors (Lipinski definition) is 0. The normalized spacial score (nSPS) is 19.0. The first kappa shape index (κ1) is 20.5. The summed E-state index contributed by atoms with van der Waals surface area (Å²) in [6, 6.07) is 1.78. The highest BCUT2D eigenvalue weighted by molar-refractivity contribution is 5.96. The van der Waals surface area contributed by atoms with E-state index >= 15 is 0 Å². The first-order valence-corrected chi connectivity index (χ1v) is 8.09. The molecule has 0 aromatic heterocycles. The third kappa shape index (κ3) is 5.48. The number of ether oxygens (including phenoxy) is 3. The van der Waals surface area contributed by atoms with Crippen LogP contribution in [-0.4, -0.2) is 54.8 Å². The molecule has 1 saturated heterocycles. The Morgan fingerprint density at radius 1 is 1.20 bits per heavy atom. The van der Waals surface area contributed by atoms with Crippen LogP contribution in [0.4, 0.5) is 4.79 Å². The summed E-state index contributed by atoms with van der Waals surface area (Å²) in [5.74, 6) is -2.31. The Balaban J connectivity index is 3.18. The van der Waals surface area contributed by atoms with E-state index in [1.807, 2.05) is 0 Å². The largest absolute Gasteiger partial charge is 0.465 e. The van der Waals surface area contributed by atoms with Gasteiger partial charge in [-0.15, -0.1) is 0 Å².